The third-order valence-corrected chi connectivity index (χ3v) is 3.99. The quantitative estimate of drug-likeness (QED) is 0.851. The Hall–Kier alpha value is -2.40. The second-order valence-corrected chi connectivity index (χ2v) is 6.26. The van der Waals surface area contributed by atoms with E-state index in [1.165, 1.54) is 0 Å². The molecule has 24 heavy (non-hydrogen) atoms. The van der Waals surface area contributed by atoms with Crippen LogP contribution in [-0.4, -0.2) is 41.4 Å². The number of anilines is 1. The van der Waals surface area contributed by atoms with E-state index in [1.807, 2.05) is 51.1 Å². The molecule has 0 aliphatic carbocycles. The fourth-order valence-corrected chi connectivity index (χ4v) is 2.55. The number of aliphatic hydroxyl groups is 1. The minimum absolute atomic E-state index is 0.0665. The molecule has 2 rings (SSSR count). The van der Waals surface area contributed by atoms with Gasteiger partial charge in [-0.25, -0.2) is 9.78 Å². The minimum Gasteiger partial charge on any atom is -0.478 e. The van der Waals surface area contributed by atoms with Gasteiger partial charge in [0, 0.05) is 24.8 Å². The van der Waals surface area contributed by atoms with Crippen LogP contribution in [0.2, 0.25) is 0 Å². The third kappa shape index (κ3) is 3.74. The highest BCUT2D eigenvalue weighted by Gasteiger charge is 2.23. The van der Waals surface area contributed by atoms with Crippen molar-refractivity contribution in [3.8, 4) is 11.1 Å². The summed E-state index contributed by atoms with van der Waals surface area (Å²) in [4.78, 5) is 18.2. The van der Waals surface area contributed by atoms with Gasteiger partial charge in [0.05, 0.1) is 6.61 Å². The van der Waals surface area contributed by atoms with Crippen LogP contribution >= 0.6 is 0 Å². The first-order valence-electron chi connectivity index (χ1n) is 8.02. The van der Waals surface area contributed by atoms with Crippen LogP contribution in [0.3, 0.4) is 0 Å². The number of rotatable bonds is 6. The molecule has 0 spiro atoms. The van der Waals surface area contributed by atoms with E-state index < -0.39 is 5.97 Å². The van der Waals surface area contributed by atoms with Gasteiger partial charge in [0.25, 0.3) is 0 Å². The van der Waals surface area contributed by atoms with Crippen molar-refractivity contribution in [1.29, 1.82) is 0 Å². The number of hydrogen-bond donors (Lipinski definition) is 2. The van der Waals surface area contributed by atoms with Crippen molar-refractivity contribution in [3.05, 3.63) is 47.2 Å². The van der Waals surface area contributed by atoms with E-state index in [0.717, 1.165) is 16.8 Å². The van der Waals surface area contributed by atoms with Crippen molar-refractivity contribution < 1.29 is 15.0 Å². The van der Waals surface area contributed by atoms with Gasteiger partial charge >= 0.3 is 5.97 Å². The molecule has 0 unspecified atom stereocenters. The van der Waals surface area contributed by atoms with Crippen LogP contribution in [0.1, 0.15) is 41.4 Å². The summed E-state index contributed by atoms with van der Waals surface area (Å²) >= 11 is 0. The van der Waals surface area contributed by atoms with Gasteiger partial charge in [-0.2, -0.15) is 0 Å². The molecule has 0 saturated carbocycles. The summed E-state index contributed by atoms with van der Waals surface area (Å²) in [5, 5.41) is 19.0. The summed E-state index contributed by atoms with van der Waals surface area (Å²) in [6.07, 6.45) is 0. The van der Waals surface area contributed by atoms with Gasteiger partial charge in [-0.05, 0) is 24.5 Å². The summed E-state index contributed by atoms with van der Waals surface area (Å²) in [7, 11) is 1.74. The summed E-state index contributed by atoms with van der Waals surface area (Å²) in [6.45, 7) is 6.30. The summed E-state index contributed by atoms with van der Waals surface area (Å²) in [5.41, 5.74) is 3.61. The smallest absolute Gasteiger partial charge is 0.340 e. The molecule has 0 saturated heterocycles. The summed E-state index contributed by atoms with van der Waals surface area (Å²) in [5.74, 6) is -0.468. The lowest BCUT2D eigenvalue weighted by atomic mass is 9.96. The van der Waals surface area contributed by atoms with E-state index in [4.69, 9.17) is 0 Å². The Morgan fingerprint density at radius 3 is 2.38 bits per heavy atom. The number of aryl methyl sites for hydroxylation is 1. The Bertz CT molecular complexity index is 724. The molecule has 0 radical (unpaired) electrons. The first-order valence-corrected chi connectivity index (χ1v) is 8.02. The molecule has 0 atom stereocenters. The van der Waals surface area contributed by atoms with Crippen molar-refractivity contribution in [3.63, 3.8) is 0 Å². The van der Waals surface area contributed by atoms with Gasteiger partial charge in [-0.3, -0.25) is 0 Å². The number of benzene rings is 1. The largest absolute Gasteiger partial charge is 0.478 e. The van der Waals surface area contributed by atoms with E-state index in [-0.39, 0.29) is 18.1 Å². The number of carboxylic acid groups (broad SMARTS) is 1. The Morgan fingerprint density at radius 2 is 1.88 bits per heavy atom. The second kappa shape index (κ2) is 7.45. The number of pyridine rings is 1. The fourth-order valence-electron chi connectivity index (χ4n) is 2.55. The SMILES string of the molecule is Cc1ccc(-c2cc(C(C)C)nc(N(C)CCO)c2C(=O)O)cc1. The van der Waals surface area contributed by atoms with E-state index in [0.29, 0.717) is 17.9 Å². The normalized spacial score (nSPS) is 10.9. The van der Waals surface area contributed by atoms with Crippen LogP contribution in [0.25, 0.3) is 11.1 Å². The topological polar surface area (TPSA) is 73.7 Å². The lowest BCUT2D eigenvalue weighted by molar-refractivity contribution is 0.0698. The van der Waals surface area contributed by atoms with Gasteiger partial charge in [-0.15, -0.1) is 0 Å². The molecule has 1 aromatic carbocycles. The summed E-state index contributed by atoms with van der Waals surface area (Å²) in [6, 6.07) is 9.64. The van der Waals surface area contributed by atoms with Gasteiger partial charge in [0.2, 0.25) is 0 Å². The van der Waals surface area contributed by atoms with E-state index in [9.17, 15) is 15.0 Å². The van der Waals surface area contributed by atoms with Gasteiger partial charge in [0.15, 0.2) is 0 Å². The molecule has 2 aromatic rings. The molecule has 1 aromatic heterocycles. The number of aliphatic hydroxyl groups excluding tert-OH is 1. The van der Waals surface area contributed by atoms with Crippen LogP contribution in [0.4, 0.5) is 5.82 Å². The van der Waals surface area contributed by atoms with Gasteiger partial charge in [0.1, 0.15) is 11.4 Å². The maximum absolute atomic E-state index is 11.9. The molecule has 0 bridgehead atoms. The Labute approximate surface area is 142 Å². The van der Waals surface area contributed by atoms with Gasteiger partial charge in [-0.1, -0.05) is 43.7 Å². The van der Waals surface area contributed by atoms with Crippen molar-refractivity contribution in [2.75, 3.05) is 25.1 Å². The first kappa shape index (κ1) is 17.9. The molecule has 5 nitrogen and oxygen atoms in total. The average molecular weight is 328 g/mol. The van der Waals surface area contributed by atoms with E-state index in [1.54, 1.807) is 11.9 Å². The highest BCUT2D eigenvalue weighted by atomic mass is 16.4. The molecule has 0 aliphatic rings. The Kier molecular flexibility index (Phi) is 5.57. The van der Waals surface area contributed by atoms with Crippen LogP contribution in [0.5, 0.6) is 0 Å². The lowest BCUT2D eigenvalue weighted by Gasteiger charge is -2.23. The molecular formula is C19H24N2O3. The number of hydrogen-bond acceptors (Lipinski definition) is 4. The van der Waals surface area contributed by atoms with E-state index in [2.05, 4.69) is 4.98 Å². The van der Waals surface area contributed by atoms with Crippen LogP contribution in [0.15, 0.2) is 30.3 Å². The van der Waals surface area contributed by atoms with E-state index >= 15 is 0 Å². The van der Waals surface area contributed by atoms with Crippen molar-refractivity contribution >= 4 is 11.8 Å². The summed E-state index contributed by atoms with van der Waals surface area (Å²) < 4.78 is 0. The number of carbonyl (C=O) groups is 1. The zero-order chi connectivity index (χ0) is 17.9. The molecule has 5 heteroatoms. The molecule has 128 valence electrons. The molecule has 0 aliphatic heterocycles. The zero-order valence-electron chi connectivity index (χ0n) is 14.6. The molecule has 1 heterocycles. The Morgan fingerprint density at radius 1 is 1.25 bits per heavy atom. The number of nitrogens with zero attached hydrogens (tertiary/aromatic N) is 2. The van der Waals surface area contributed by atoms with Crippen LogP contribution in [-0.2, 0) is 0 Å². The second-order valence-electron chi connectivity index (χ2n) is 6.26. The van der Waals surface area contributed by atoms with Crippen molar-refractivity contribution in [2.24, 2.45) is 0 Å². The average Bonchev–Trinajstić information content (AvgIpc) is 2.54. The molecular weight excluding hydrogens is 304 g/mol. The third-order valence-electron chi connectivity index (χ3n) is 3.99. The minimum atomic E-state index is -1.02. The first-order chi connectivity index (χ1) is 11.3. The predicted octanol–water partition coefficient (Wildman–Crippen LogP) is 3.31. The predicted molar refractivity (Wildman–Crippen MR) is 95.8 cm³/mol. The standard InChI is InChI=1S/C19H24N2O3/c1-12(2)16-11-15(14-7-5-13(3)6-8-14)17(19(23)24)18(20-16)21(4)9-10-22/h5-8,11-12,22H,9-10H2,1-4H3,(H,23,24). The molecule has 0 fully saturated rings. The maximum atomic E-state index is 11.9. The van der Waals surface area contributed by atoms with Crippen LogP contribution < -0.4 is 4.90 Å². The van der Waals surface area contributed by atoms with Gasteiger partial charge < -0.3 is 15.1 Å². The van der Waals surface area contributed by atoms with Crippen molar-refractivity contribution in [2.45, 2.75) is 26.7 Å². The maximum Gasteiger partial charge on any atom is 0.340 e. The number of likely N-dealkylation sites (N-methyl/N-ethyl adjacent to an activating group) is 1. The monoisotopic (exact) mass is 328 g/mol. The Balaban J connectivity index is 2.75. The highest BCUT2D eigenvalue weighted by Crippen LogP contribution is 2.33. The lowest BCUT2D eigenvalue weighted by Crippen LogP contribution is -2.25. The van der Waals surface area contributed by atoms with Crippen LogP contribution in [0, 0.1) is 6.92 Å². The highest BCUT2D eigenvalue weighted by molar-refractivity contribution is 6.01. The number of aromatic nitrogens is 1. The number of carboxylic acids is 1. The number of aromatic carboxylic acids is 1. The van der Waals surface area contributed by atoms with Crippen molar-refractivity contribution in [1.82, 2.24) is 4.98 Å². The molecule has 2 N–H and O–H groups in total. The zero-order valence-corrected chi connectivity index (χ0v) is 14.6. The molecule has 0 amide bonds. The fraction of sp³-hybridized carbons (Fsp3) is 0.368.